The molecule has 9 heteroatoms. The lowest BCUT2D eigenvalue weighted by molar-refractivity contribution is -0.149. The summed E-state index contributed by atoms with van der Waals surface area (Å²) in [5, 5.41) is 0.634. The summed E-state index contributed by atoms with van der Waals surface area (Å²) in [6, 6.07) is 10.7. The summed E-state index contributed by atoms with van der Waals surface area (Å²) >= 11 is 5.88. The Balaban J connectivity index is 1.54. The van der Waals surface area contributed by atoms with Crippen LogP contribution < -0.4 is 4.72 Å². The van der Waals surface area contributed by atoms with Crippen molar-refractivity contribution in [1.82, 2.24) is 9.03 Å². The third-order valence-corrected chi connectivity index (χ3v) is 6.44. The molecule has 1 fully saturated rings. The summed E-state index contributed by atoms with van der Waals surface area (Å²) in [5.41, 5.74) is 0.861. The molecule has 2 heterocycles. The molecule has 1 aliphatic heterocycles. The molecule has 1 aromatic heterocycles. The molecule has 28 heavy (non-hydrogen) atoms. The van der Waals surface area contributed by atoms with Gasteiger partial charge in [-0.3, -0.25) is 4.79 Å². The van der Waals surface area contributed by atoms with Crippen LogP contribution in [0.15, 0.2) is 40.8 Å². The smallest absolute Gasteiger partial charge is 0.309 e. The highest BCUT2D eigenvalue weighted by molar-refractivity contribution is 7.87. The Kier molecular flexibility index (Phi) is 6.77. The zero-order valence-electron chi connectivity index (χ0n) is 15.6. The number of hydrogen-bond donors (Lipinski definition) is 1. The second-order valence-electron chi connectivity index (χ2n) is 6.52. The Morgan fingerprint density at radius 2 is 1.89 bits per heavy atom. The lowest BCUT2D eigenvalue weighted by atomic mass is 9.98. The normalized spacial score (nSPS) is 16.2. The van der Waals surface area contributed by atoms with Crippen LogP contribution >= 0.6 is 11.6 Å². The van der Waals surface area contributed by atoms with Gasteiger partial charge in [-0.05, 0) is 56.2 Å². The van der Waals surface area contributed by atoms with Crippen molar-refractivity contribution in [2.24, 2.45) is 5.92 Å². The van der Waals surface area contributed by atoms with Crippen LogP contribution in [0.1, 0.15) is 25.5 Å². The van der Waals surface area contributed by atoms with E-state index in [-0.39, 0.29) is 31.5 Å². The number of halogens is 1. The van der Waals surface area contributed by atoms with Crippen LogP contribution in [0.2, 0.25) is 5.02 Å². The second kappa shape index (κ2) is 9.09. The number of rotatable bonds is 7. The molecule has 0 saturated carbocycles. The molecule has 1 aromatic carbocycles. The van der Waals surface area contributed by atoms with Gasteiger partial charge in [0.2, 0.25) is 0 Å². The maximum absolute atomic E-state index is 12.5. The maximum atomic E-state index is 12.5. The Bertz CT molecular complexity index is 903. The number of carbonyl (C=O) groups is 1. The van der Waals surface area contributed by atoms with Gasteiger partial charge >= 0.3 is 5.97 Å². The van der Waals surface area contributed by atoms with Crippen LogP contribution in [0.25, 0.3) is 11.3 Å². The monoisotopic (exact) mass is 426 g/mol. The highest BCUT2D eigenvalue weighted by Crippen LogP contribution is 2.24. The molecule has 0 atom stereocenters. The van der Waals surface area contributed by atoms with Crippen LogP contribution in [0, 0.1) is 5.92 Å². The van der Waals surface area contributed by atoms with Crippen molar-refractivity contribution < 1.29 is 22.4 Å². The van der Waals surface area contributed by atoms with Gasteiger partial charge in [-0.15, -0.1) is 0 Å². The molecular formula is C19H23ClN2O5S. The standard InChI is InChI=1S/C19H23ClN2O5S/c1-2-26-19(23)15-9-11-22(12-10-15)28(24,25)21-13-17-7-8-18(27-17)14-3-5-16(20)6-4-14/h3-8,15,21H,2,9-13H2,1H3. The number of carbonyl (C=O) groups excluding carboxylic acids is 1. The zero-order chi connectivity index (χ0) is 20.1. The van der Waals surface area contributed by atoms with Crippen molar-refractivity contribution in [1.29, 1.82) is 0 Å². The highest BCUT2D eigenvalue weighted by Gasteiger charge is 2.31. The van der Waals surface area contributed by atoms with E-state index in [1.54, 1.807) is 31.2 Å². The summed E-state index contributed by atoms with van der Waals surface area (Å²) in [7, 11) is -3.65. The van der Waals surface area contributed by atoms with Crippen molar-refractivity contribution in [2.75, 3.05) is 19.7 Å². The quantitative estimate of drug-likeness (QED) is 0.686. The van der Waals surface area contributed by atoms with Gasteiger partial charge in [0.15, 0.2) is 0 Å². The summed E-state index contributed by atoms with van der Waals surface area (Å²) in [6.45, 7) is 2.71. The third-order valence-electron chi connectivity index (χ3n) is 4.63. The number of piperidine rings is 1. The van der Waals surface area contributed by atoms with E-state index in [0.717, 1.165) is 5.56 Å². The molecule has 0 aliphatic carbocycles. The van der Waals surface area contributed by atoms with Crippen LogP contribution in [0.3, 0.4) is 0 Å². The van der Waals surface area contributed by atoms with Crippen LogP contribution in [-0.2, 0) is 26.3 Å². The first kappa shape index (κ1) is 20.9. The van der Waals surface area contributed by atoms with Gasteiger partial charge in [-0.1, -0.05) is 11.6 Å². The number of esters is 1. The van der Waals surface area contributed by atoms with Gasteiger partial charge < -0.3 is 9.15 Å². The Morgan fingerprint density at radius 1 is 1.21 bits per heavy atom. The fourth-order valence-corrected chi connectivity index (χ4v) is 4.41. The fourth-order valence-electron chi connectivity index (χ4n) is 3.09. The molecule has 1 aliphatic rings. The third kappa shape index (κ3) is 5.14. The summed E-state index contributed by atoms with van der Waals surface area (Å²) in [5.74, 6) is 0.660. The number of hydrogen-bond acceptors (Lipinski definition) is 5. The maximum Gasteiger partial charge on any atom is 0.309 e. The molecule has 1 N–H and O–H groups in total. The predicted molar refractivity (Wildman–Crippen MR) is 106 cm³/mol. The van der Waals surface area contributed by atoms with Crippen LogP contribution in [-0.4, -0.2) is 38.4 Å². The SMILES string of the molecule is CCOC(=O)C1CCN(S(=O)(=O)NCc2ccc(-c3ccc(Cl)cc3)o2)CC1. The van der Waals surface area contributed by atoms with Gasteiger partial charge in [0, 0.05) is 23.7 Å². The number of furan rings is 1. The van der Waals surface area contributed by atoms with E-state index < -0.39 is 10.2 Å². The van der Waals surface area contributed by atoms with E-state index in [1.807, 2.05) is 12.1 Å². The minimum atomic E-state index is -3.65. The van der Waals surface area contributed by atoms with Crippen LogP contribution in [0.4, 0.5) is 0 Å². The van der Waals surface area contributed by atoms with E-state index in [1.165, 1.54) is 4.31 Å². The van der Waals surface area contributed by atoms with Crippen molar-refractivity contribution in [2.45, 2.75) is 26.3 Å². The second-order valence-corrected chi connectivity index (χ2v) is 8.72. The lowest BCUT2D eigenvalue weighted by Crippen LogP contribution is -2.45. The molecule has 0 spiro atoms. The Hall–Kier alpha value is -1.87. The summed E-state index contributed by atoms with van der Waals surface area (Å²) in [6.07, 6.45) is 0.919. The topological polar surface area (TPSA) is 88.8 Å². The lowest BCUT2D eigenvalue weighted by Gasteiger charge is -2.29. The Labute approximate surface area is 169 Å². The van der Waals surface area contributed by atoms with E-state index in [2.05, 4.69) is 4.72 Å². The summed E-state index contributed by atoms with van der Waals surface area (Å²) < 4.78 is 39.7. The Morgan fingerprint density at radius 3 is 2.54 bits per heavy atom. The molecule has 0 radical (unpaired) electrons. The van der Waals surface area contributed by atoms with E-state index in [0.29, 0.717) is 36.0 Å². The molecule has 0 amide bonds. The van der Waals surface area contributed by atoms with E-state index in [4.69, 9.17) is 20.8 Å². The number of nitrogens with zero attached hydrogens (tertiary/aromatic N) is 1. The highest BCUT2D eigenvalue weighted by atomic mass is 35.5. The number of benzene rings is 1. The van der Waals surface area contributed by atoms with Gasteiger partial charge in [0.1, 0.15) is 11.5 Å². The molecule has 0 bridgehead atoms. The van der Waals surface area contributed by atoms with Gasteiger partial charge in [0.25, 0.3) is 10.2 Å². The minimum Gasteiger partial charge on any atom is -0.466 e. The van der Waals surface area contributed by atoms with Gasteiger partial charge in [-0.2, -0.15) is 17.4 Å². The minimum absolute atomic E-state index is 0.0493. The molecule has 152 valence electrons. The first-order valence-corrected chi connectivity index (χ1v) is 11.0. The zero-order valence-corrected chi connectivity index (χ0v) is 17.1. The number of ether oxygens (including phenoxy) is 1. The molecular weight excluding hydrogens is 404 g/mol. The molecule has 0 unspecified atom stereocenters. The average molecular weight is 427 g/mol. The number of nitrogens with one attached hydrogen (secondary N) is 1. The summed E-state index contributed by atoms with van der Waals surface area (Å²) in [4.78, 5) is 11.8. The van der Waals surface area contributed by atoms with E-state index in [9.17, 15) is 13.2 Å². The fraction of sp³-hybridized carbons (Fsp3) is 0.421. The molecule has 3 rings (SSSR count). The van der Waals surface area contributed by atoms with Crippen molar-refractivity contribution in [3.63, 3.8) is 0 Å². The van der Waals surface area contributed by atoms with Crippen LogP contribution in [0.5, 0.6) is 0 Å². The first-order chi connectivity index (χ1) is 13.4. The van der Waals surface area contributed by atoms with Gasteiger partial charge in [-0.25, -0.2) is 0 Å². The predicted octanol–water partition coefficient (Wildman–Crippen LogP) is 3.21. The van der Waals surface area contributed by atoms with Crippen molar-refractivity contribution in [3.8, 4) is 11.3 Å². The molecule has 1 saturated heterocycles. The first-order valence-electron chi connectivity index (χ1n) is 9.15. The largest absolute Gasteiger partial charge is 0.466 e. The van der Waals surface area contributed by atoms with Crippen molar-refractivity contribution in [3.05, 3.63) is 47.2 Å². The molecule has 7 nitrogen and oxygen atoms in total. The average Bonchev–Trinajstić information content (AvgIpc) is 3.16. The van der Waals surface area contributed by atoms with E-state index >= 15 is 0 Å². The van der Waals surface area contributed by atoms with Crippen molar-refractivity contribution >= 4 is 27.8 Å². The molecule has 2 aromatic rings. The van der Waals surface area contributed by atoms with Gasteiger partial charge in [0.05, 0.1) is 19.1 Å².